The normalized spacial score (nSPS) is 24.1. The SMILES string of the molecule is CC(C)CN(C)C(=O)[C@]12COC[C@H]1CN(C(=O)Cn1nc3ccccc3n1)C2. The van der Waals surface area contributed by atoms with Gasteiger partial charge in [-0.25, -0.2) is 0 Å². The van der Waals surface area contributed by atoms with Crippen molar-refractivity contribution in [2.24, 2.45) is 17.3 Å². The van der Waals surface area contributed by atoms with Crippen molar-refractivity contribution in [2.75, 3.05) is 39.9 Å². The molecule has 8 nitrogen and oxygen atoms in total. The maximum Gasteiger partial charge on any atom is 0.246 e. The van der Waals surface area contributed by atoms with E-state index in [4.69, 9.17) is 4.74 Å². The summed E-state index contributed by atoms with van der Waals surface area (Å²) < 4.78 is 5.66. The van der Waals surface area contributed by atoms with Gasteiger partial charge < -0.3 is 14.5 Å². The van der Waals surface area contributed by atoms with Gasteiger partial charge in [0.2, 0.25) is 11.8 Å². The van der Waals surface area contributed by atoms with E-state index in [0.717, 1.165) is 11.0 Å². The van der Waals surface area contributed by atoms with Crippen LogP contribution in [0.5, 0.6) is 0 Å². The second-order valence-electron chi connectivity index (χ2n) is 8.44. The van der Waals surface area contributed by atoms with Gasteiger partial charge in [0.05, 0.1) is 18.6 Å². The first-order chi connectivity index (χ1) is 13.4. The van der Waals surface area contributed by atoms with Gasteiger partial charge in [-0.1, -0.05) is 26.0 Å². The van der Waals surface area contributed by atoms with E-state index in [1.54, 1.807) is 9.80 Å². The predicted molar refractivity (Wildman–Crippen MR) is 103 cm³/mol. The van der Waals surface area contributed by atoms with Gasteiger partial charge in [-0.15, -0.1) is 0 Å². The number of likely N-dealkylation sites (tertiary alicyclic amines) is 1. The molecule has 28 heavy (non-hydrogen) atoms. The van der Waals surface area contributed by atoms with Crippen molar-refractivity contribution in [2.45, 2.75) is 20.4 Å². The number of ether oxygens (including phenoxy) is 1. The van der Waals surface area contributed by atoms with Crippen LogP contribution in [0.3, 0.4) is 0 Å². The van der Waals surface area contributed by atoms with E-state index >= 15 is 0 Å². The van der Waals surface area contributed by atoms with Crippen LogP contribution in [0.15, 0.2) is 24.3 Å². The molecule has 4 rings (SSSR count). The zero-order valence-corrected chi connectivity index (χ0v) is 16.7. The Kier molecular flexibility index (Phi) is 4.82. The maximum absolute atomic E-state index is 13.2. The molecule has 150 valence electrons. The molecule has 2 saturated heterocycles. The molecule has 8 heteroatoms. The lowest BCUT2D eigenvalue weighted by molar-refractivity contribution is -0.142. The van der Waals surface area contributed by atoms with E-state index in [2.05, 4.69) is 24.0 Å². The number of fused-ring (bicyclic) bond motifs is 2. The van der Waals surface area contributed by atoms with E-state index in [0.29, 0.717) is 38.8 Å². The number of carbonyl (C=O) groups is 2. The monoisotopic (exact) mass is 385 g/mol. The highest BCUT2D eigenvalue weighted by atomic mass is 16.5. The van der Waals surface area contributed by atoms with Crippen LogP contribution in [0.25, 0.3) is 11.0 Å². The van der Waals surface area contributed by atoms with Crippen LogP contribution in [-0.2, 0) is 20.9 Å². The molecule has 0 bridgehead atoms. The molecule has 1 aromatic heterocycles. The van der Waals surface area contributed by atoms with Crippen molar-refractivity contribution >= 4 is 22.8 Å². The van der Waals surface area contributed by atoms with Gasteiger partial charge in [0.25, 0.3) is 0 Å². The Morgan fingerprint density at radius 1 is 1.29 bits per heavy atom. The fourth-order valence-electron chi connectivity index (χ4n) is 4.43. The van der Waals surface area contributed by atoms with Gasteiger partial charge >= 0.3 is 0 Å². The molecule has 0 radical (unpaired) electrons. The summed E-state index contributed by atoms with van der Waals surface area (Å²) in [6.45, 7) is 6.81. The van der Waals surface area contributed by atoms with Crippen molar-refractivity contribution in [1.82, 2.24) is 24.8 Å². The summed E-state index contributed by atoms with van der Waals surface area (Å²) >= 11 is 0. The van der Waals surface area contributed by atoms with Crippen molar-refractivity contribution in [1.29, 1.82) is 0 Å². The Morgan fingerprint density at radius 3 is 2.61 bits per heavy atom. The van der Waals surface area contributed by atoms with Gasteiger partial charge in [0.1, 0.15) is 17.6 Å². The highest BCUT2D eigenvalue weighted by Crippen LogP contribution is 2.42. The van der Waals surface area contributed by atoms with Gasteiger partial charge in [-0.2, -0.15) is 15.0 Å². The average Bonchev–Trinajstić information content (AvgIpc) is 3.31. The lowest BCUT2D eigenvalue weighted by Gasteiger charge is -2.31. The second kappa shape index (κ2) is 7.16. The third-order valence-corrected chi connectivity index (χ3v) is 5.74. The number of aromatic nitrogens is 3. The molecule has 0 spiro atoms. The van der Waals surface area contributed by atoms with Crippen molar-refractivity contribution in [3.8, 4) is 0 Å². The fraction of sp³-hybridized carbons (Fsp3) is 0.600. The molecule has 0 saturated carbocycles. The van der Waals surface area contributed by atoms with Crippen LogP contribution in [0, 0.1) is 17.3 Å². The molecular weight excluding hydrogens is 358 g/mol. The van der Waals surface area contributed by atoms with Gasteiger partial charge in [-0.05, 0) is 18.1 Å². The summed E-state index contributed by atoms with van der Waals surface area (Å²) in [5.41, 5.74) is 0.912. The number of carbonyl (C=O) groups excluding carboxylic acids is 2. The Morgan fingerprint density at radius 2 is 1.96 bits per heavy atom. The quantitative estimate of drug-likeness (QED) is 0.768. The highest BCUT2D eigenvalue weighted by molar-refractivity contribution is 5.86. The minimum Gasteiger partial charge on any atom is -0.380 e. The van der Waals surface area contributed by atoms with Gasteiger partial charge in [0.15, 0.2) is 0 Å². The number of amides is 2. The molecule has 0 aliphatic carbocycles. The predicted octanol–water partition coefficient (Wildman–Crippen LogP) is 1.02. The van der Waals surface area contributed by atoms with Crippen LogP contribution in [-0.4, -0.2) is 76.5 Å². The van der Waals surface area contributed by atoms with E-state index in [-0.39, 0.29) is 24.3 Å². The minimum atomic E-state index is -0.623. The molecule has 2 aliphatic heterocycles. The summed E-state index contributed by atoms with van der Waals surface area (Å²) in [5, 5.41) is 8.74. The molecule has 2 aliphatic rings. The number of rotatable bonds is 5. The van der Waals surface area contributed by atoms with Gasteiger partial charge in [-0.3, -0.25) is 9.59 Å². The first-order valence-electron chi connectivity index (χ1n) is 9.80. The minimum absolute atomic E-state index is 0.0446. The number of benzene rings is 1. The number of hydrogen-bond donors (Lipinski definition) is 0. The zero-order valence-electron chi connectivity index (χ0n) is 16.7. The summed E-state index contributed by atoms with van der Waals surface area (Å²) in [7, 11) is 1.84. The van der Waals surface area contributed by atoms with E-state index in [1.807, 2.05) is 31.3 Å². The third-order valence-electron chi connectivity index (χ3n) is 5.74. The summed E-state index contributed by atoms with van der Waals surface area (Å²) in [6, 6.07) is 7.54. The molecule has 2 aromatic rings. The van der Waals surface area contributed by atoms with Crippen LogP contribution >= 0.6 is 0 Å². The molecule has 2 fully saturated rings. The number of hydrogen-bond acceptors (Lipinski definition) is 5. The van der Waals surface area contributed by atoms with Crippen LogP contribution in [0.1, 0.15) is 13.8 Å². The summed E-state index contributed by atoms with van der Waals surface area (Å²) in [5.74, 6) is 0.462. The van der Waals surface area contributed by atoms with Crippen LogP contribution in [0.2, 0.25) is 0 Å². The highest BCUT2D eigenvalue weighted by Gasteiger charge is 2.57. The molecule has 0 N–H and O–H groups in total. The Balaban J connectivity index is 1.48. The first-order valence-corrected chi connectivity index (χ1v) is 9.80. The van der Waals surface area contributed by atoms with Crippen LogP contribution in [0.4, 0.5) is 0 Å². The largest absolute Gasteiger partial charge is 0.380 e. The average molecular weight is 385 g/mol. The fourth-order valence-corrected chi connectivity index (χ4v) is 4.43. The molecule has 2 atom stereocenters. The molecule has 3 heterocycles. The lowest BCUT2D eigenvalue weighted by atomic mass is 9.79. The lowest BCUT2D eigenvalue weighted by Crippen LogP contribution is -2.48. The molecule has 1 aromatic carbocycles. The molecule has 2 amide bonds. The molecule has 0 unspecified atom stereocenters. The van der Waals surface area contributed by atoms with Crippen molar-refractivity contribution in [3.05, 3.63) is 24.3 Å². The second-order valence-corrected chi connectivity index (χ2v) is 8.44. The Bertz CT molecular complexity index is 862. The van der Waals surface area contributed by atoms with Gasteiger partial charge in [0, 0.05) is 32.6 Å². The topological polar surface area (TPSA) is 80.6 Å². The first kappa shape index (κ1) is 18.9. The number of nitrogens with zero attached hydrogens (tertiary/aromatic N) is 5. The van der Waals surface area contributed by atoms with E-state index < -0.39 is 5.41 Å². The summed E-state index contributed by atoms with van der Waals surface area (Å²) in [4.78, 5) is 31.1. The maximum atomic E-state index is 13.2. The zero-order chi connectivity index (χ0) is 19.9. The standard InChI is InChI=1S/C20H27N5O3/c1-14(2)8-23(3)19(27)20-12-24(9-15(20)11-28-13-20)18(26)10-25-21-16-6-4-5-7-17(16)22-25/h4-7,14-15H,8-13H2,1-3H3/t15-,20-/m1/s1. The van der Waals surface area contributed by atoms with E-state index in [1.165, 1.54) is 4.80 Å². The summed E-state index contributed by atoms with van der Waals surface area (Å²) in [6.07, 6.45) is 0. The van der Waals surface area contributed by atoms with Crippen LogP contribution < -0.4 is 0 Å². The Labute approximate surface area is 164 Å². The van der Waals surface area contributed by atoms with Crippen molar-refractivity contribution < 1.29 is 14.3 Å². The molecular formula is C20H27N5O3. The van der Waals surface area contributed by atoms with E-state index in [9.17, 15) is 9.59 Å². The third kappa shape index (κ3) is 3.26. The smallest absolute Gasteiger partial charge is 0.246 e. The van der Waals surface area contributed by atoms with Crippen molar-refractivity contribution in [3.63, 3.8) is 0 Å². The Hall–Kier alpha value is -2.48.